The molecule has 1 aliphatic rings. The lowest BCUT2D eigenvalue weighted by molar-refractivity contribution is 0.419. The normalized spacial score (nSPS) is 17.2. The summed E-state index contributed by atoms with van der Waals surface area (Å²) < 4.78 is 0. The van der Waals surface area contributed by atoms with Crippen molar-refractivity contribution in [1.82, 2.24) is 4.98 Å². The summed E-state index contributed by atoms with van der Waals surface area (Å²) in [5.41, 5.74) is 10.2. The van der Waals surface area contributed by atoms with Gasteiger partial charge in [0, 0.05) is 17.8 Å². The summed E-state index contributed by atoms with van der Waals surface area (Å²) in [6, 6.07) is 8.89. The van der Waals surface area contributed by atoms with Gasteiger partial charge in [-0.25, -0.2) is 4.98 Å². The minimum atomic E-state index is 0.0570. The highest BCUT2D eigenvalue weighted by Crippen LogP contribution is 2.37. The highest BCUT2D eigenvalue weighted by molar-refractivity contribution is 7.09. The molecular formula is C16H20N2S. The van der Waals surface area contributed by atoms with Crippen LogP contribution in [-0.4, -0.2) is 4.98 Å². The number of hydrogen-bond acceptors (Lipinski definition) is 3. The standard InChI is InChI=1S/C16H20N2S/c1-11-18-15(10-19-11)9-16(17)14-7-3-6-13(8-14)12-4-2-5-12/h3,6-8,10,12,16H,2,4-5,9,17H2,1H3. The van der Waals surface area contributed by atoms with Crippen molar-refractivity contribution in [2.24, 2.45) is 5.73 Å². The fourth-order valence-corrected chi connectivity index (χ4v) is 3.26. The molecule has 1 aromatic heterocycles. The predicted octanol–water partition coefficient (Wildman–Crippen LogP) is 3.96. The maximum absolute atomic E-state index is 6.33. The Morgan fingerprint density at radius 1 is 1.42 bits per heavy atom. The lowest BCUT2D eigenvalue weighted by Gasteiger charge is -2.26. The summed E-state index contributed by atoms with van der Waals surface area (Å²) in [5.74, 6) is 0.772. The van der Waals surface area contributed by atoms with Crippen molar-refractivity contribution in [2.75, 3.05) is 0 Å². The quantitative estimate of drug-likeness (QED) is 0.915. The first-order valence-corrected chi connectivity index (χ1v) is 7.87. The van der Waals surface area contributed by atoms with Crippen LogP contribution in [-0.2, 0) is 6.42 Å². The van der Waals surface area contributed by atoms with Crippen molar-refractivity contribution in [2.45, 2.75) is 44.6 Å². The minimum Gasteiger partial charge on any atom is -0.324 e. The lowest BCUT2D eigenvalue weighted by Crippen LogP contribution is -2.15. The molecule has 1 heterocycles. The number of aromatic nitrogens is 1. The van der Waals surface area contributed by atoms with Crippen LogP contribution in [0, 0.1) is 6.92 Å². The number of aryl methyl sites for hydroxylation is 1. The average molecular weight is 272 g/mol. The van der Waals surface area contributed by atoms with Gasteiger partial charge in [0.2, 0.25) is 0 Å². The summed E-state index contributed by atoms with van der Waals surface area (Å²) in [4.78, 5) is 4.50. The first kappa shape index (κ1) is 12.8. The van der Waals surface area contributed by atoms with Crippen LogP contribution in [0.2, 0.25) is 0 Å². The van der Waals surface area contributed by atoms with E-state index in [2.05, 4.69) is 34.6 Å². The van der Waals surface area contributed by atoms with E-state index < -0.39 is 0 Å². The van der Waals surface area contributed by atoms with E-state index in [0.29, 0.717) is 0 Å². The van der Waals surface area contributed by atoms with Gasteiger partial charge in [0.05, 0.1) is 10.7 Å². The van der Waals surface area contributed by atoms with E-state index in [4.69, 9.17) is 5.73 Å². The third kappa shape index (κ3) is 2.88. The molecule has 2 N–H and O–H groups in total. The molecule has 0 amide bonds. The van der Waals surface area contributed by atoms with Gasteiger partial charge >= 0.3 is 0 Å². The molecule has 3 rings (SSSR count). The van der Waals surface area contributed by atoms with E-state index >= 15 is 0 Å². The lowest BCUT2D eigenvalue weighted by atomic mass is 9.79. The molecule has 100 valence electrons. The SMILES string of the molecule is Cc1nc(CC(N)c2cccc(C3CCC3)c2)cs1. The smallest absolute Gasteiger partial charge is 0.0897 e. The molecule has 2 nitrogen and oxygen atoms in total. The van der Waals surface area contributed by atoms with Gasteiger partial charge in [-0.3, -0.25) is 0 Å². The predicted molar refractivity (Wildman–Crippen MR) is 80.5 cm³/mol. The molecule has 0 bridgehead atoms. The second-order valence-corrected chi connectivity index (χ2v) is 6.53. The second kappa shape index (κ2) is 5.43. The second-order valence-electron chi connectivity index (χ2n) is 5.47. The molecule has 3 heteroatoms. The van der Waals surface area contributed by atoms with Gasteiger partial charge < -0.3 is 5.73 Å². The third-order valence-corrected chi connectivity index (χ3v) is 4.83. The molecule has 2 aromatic rings. The Kier molecular flexibility index (Phi) is 3.67. The van der Waals surface area contributed by atoms with Gasteiger partial charge in [-0.15, -0.1) is 11.3 Å². The molecule has 1 fully saturated rings. The third-order valence-electron chi connectivity index (χ3n) is 4.01. The van der Waals surface area contributed by atoms with Crippen molar-refractivity contribution in [1.29, 1.82) is 0 Å². The average Bonchev–Trinajstić information content (AvgIpc) is 2.73. The molecule has 0 spiro atoms. The van der Waals surface area contributed by atoms with E-state index in [1.807, 2.05) is 6.92 Å². The Hall–Kier alpha value is -1.19. The van der Waals surface area contributed by atoms with Gasteiger partial charge in [0.25, 0.3) is 0 Å². The van der Waals surface area contributed by atoms with Gasteiger partial charge in [0.1, 0.15) is 0 Å². The largest absolute Gasteiger partial charge is 0.324 e. The molecule has 19 heavy (non-hydrogen) atoms. The molecule has 1 saturated carbocycles. The Bertz CT molecular complexity index is 557. The van der Waals surface area contributed by atoms with Crippen LogP contribution in [0.15, 0.2) is 29.6 Å². The van der Waals surface area contributed by atoms with E-state index in [-0.39, 0.29) is 6.04 Å². The number of nitrogens with zero attached hydrogens (tertiary/aromatic N) is 1. The molecule has 0 radical (unpaired) electrons. The van der Waals surface area contributed by atoms with Crippen LogP contribution in [0.3, 0.4) is 0 Å². The molecule has 0 saturated heterocycles. The molecule has 1 aromatic carbocycles. The molecule has 1 unspecified atom stereocenters. The van der Waals surface area contributed by atoms with Gasteiger partial charge in [0.15, 0.2) is 0 Å². The number of benzene rings is 1. The van der Waals surface area contributed by atoms with E-state index in [1.165, 1.54) is 30.4 Å². The van der Waals surface area contributed by atoms with Crippen molar-refractivity contribution >= 4 is 11.3 Å². The molecule has 0 aliphatic heterocycles. The summed E-state index contributed by atoms with van der Waals surface area (Å²) in [6.45, 7) is 2.04. The maximum atomic E-state index is 6.33. The van der Waals surface area contributed by atoms with E-state index in [0.717, 1.165) is 23.0 Å². The van der Waals surface area contributed by atoms with E-state index in [9.17, 15) is 0 Å². The number of thiazole rings is 1. The molecular weight excluding hydrogens is 252 g/mol. The van der Waals surface area contributed by atoms with Crippen LogP contribution in [0.5, 0.6) is 0 Å². The highest BCUT2D eigenvalue weighted by Gasteiger charge is 2.20. The van der Waals surface area contributed by atoms with Gasteiger partial charge in [-0.1, -0.05) is 30.7 Å². The number of hydrogen-bond donors (Lipinski definition) is 1. The zero-order valence-corrected chi connectivity index (χ0v) is 12.1. The summed E-state index contributed by atoms with van der Waals surface area (Å²) >= 11 is 1.70. The van der Waals surface area contributed by atoms with Crippen LogP contribution in [0.4, 0.5) is 0 Å². The van der Waals surface area contributed by atoms with E-state index in [1.54, 1.807) is 11.3 Å². The zero-order valence-electron chi connectivity index (χ0n) is 11.3. The van der Waals surface area contributed by atoms with Crippen LogP contribution < -0.4 is 5.73 Å². The number of nitrogens with two attached hydrogens (primary N) is 1. The van der Waals surface area contributed by atoms with Crippen LogP contribution in [0.25, 0.3) is 0 Å². The Morgan fingerprint density at radius 2 is 2.26 bits per heavy atom. The first-order chi connectivity index (χ1) is 9.22. The molecule has 1 atom stereocenters. The van der Waals surface area contributed by atoms with Crippen molar-refractivity contribution < 1.29 is 0 Å². The topological polar surface area (TPSA) is 38.9 Å². The van der Waals surface area contributed by atoms with Gasteiger partial charge in [-0.05, 0) is 36.8 Å². The summed E-state index contributed by atoms with van der Waals surface area (Å²) in [7, 11) is 0. The summed E-state index contributed by atoms with van der Waals surface area (Å²) in [6.07, 6.45) is 4.88. The molecule has 1 aliphatic carbocycles. The van der Waals surface area contributed by atoms with Crippen molar-refractivity contribution in [3.63, 3.8) is 0 Å². The monoisotopic (exact) mass is 272 g/mol. The Balaban J connectivity index is 1.73. The minimum absolute atomic E-state index is 0.0570. The van der Waals surface area contributed by atoms with Crippen molar-refractivity contribution in [3.8, 4) is 0 Å². The zero-order chi connectivity index (χ0) is 13.2. The fourth-order valence-electron chi connectivity index (χ4n) is 2.63. The fraction of sp³-hybridized carbons (Fsp3) is 0.438. The van der Waals surface area contributed by atoms with Crippen molar-refractivity contribution in [3.05, 3.63) is 51.5 Å². The highest BCUT2D eigenvalue weighted by atomic mass is 32.1. The Labute approximate surface area is 118 Å². The van der Waals surface area contributed by atoms with Crippen LogP contribution in [0.1, 0.15) is 53.1 Å². The summed E-state index contributed by atoms with van der Waals surface area (Å²) in [5, 5.41) is 3.23. The first-order valence-electron chi connectivity index (χ1n) is 6.99. The maximum Gasteiger partial charge on any atom is 0.0897 e. The van der Waals surface area contributed by atoms with Gasteiger partial charge in [-0.2, -0.15) is 0 Å². The Morgan fingerprint density at radius 3 is 2.89 bits per heavy atom. The number of rotatable bonds is 4. The van der Waals surface area contributed by atoms with Crippen LogP contribution >= 0.6 is 11.3 Å².